The second-order valence-electron chi connectivity index (χ2n) is 9.80. The molecular weight excluding hydrogens is 499 g/mol. The minimum Gasteiger partial charge on any atom is -0.490 e. The summed E-state index contributed by atoms with van der Waals surface area (Å²) in [5.74, 6) is -1.78. The van der Waals surface area contributed by atoms with Gasteiger partial charge in [-0.3, -0.25) is 9.80 Å². The number of carbonyl (C=O) groups is 1. The van der Waals surface area contributed by atoms with Crippen molar-refractivity contribution in [1.29, 1.82) is 0 Å². The third kappa shape index (κ3) is 5.80. The molecule has 1 aromatic carbocycles. The van der Waals surface area contributed by atoms with Crippen LogP contribution in [0.15, 0.2) is 29.4 Å². The van der Waals surface area contributed by atoms with Crippen LogP contribution in [0.4, 0.5) is 18.9 Å². The molecule has 2 aliphatic heterocycles. The van der Waals surface area contributed by atoms with Gasteiger partial charge in [0.1, 0.15) is 17.6 Å². The van der Waals surface area contributed by atoms with Gasteiger partial charge in [-0.2, -0.15) is 18.3 Å². The highest BCUT2D eigenvalue weighted by atomic mass is 32.2. The fourth-order valence-electron chi connectivity index (χ4n) is 5.33. The van der Waals surface area contributed by atoms with E-state index in [0.29, 0.717) is 37.4 Å². The van der Waals surface area contributed by atoms with E-state index in [1.165, 1.54) is 6.92 Å². The molecule has 0 spiro atoms. The Hall–Kier alpha value is -2.34. The molecule has 1 saturated heterocycles. The van der Waals surface area contributed by atoms with Crippen molar-refractivity contribution in [1.82, 2.24) is 4.31 Å². The maximum absolute atomic E-state index is 13.4. The molecule has 0 radical (unpaired) electrons. The molecule has 12 heteroatoms. The number of hydrogen-bond donors (Lipinski definition) is 1. The number of hydrazone groups is 1. The summed E-state index contributed by atoms with van der Waals surface area (Å²) in [5.41, 5.74) is -0.655. The quantitative estimate of drug-likeness (QED) is 0.560. The molecule has 1 aromatic rings. The van der Waals surface area contributed by atoms with Gasteiger partial charge in [-0.1, -0.05) is 26.2 Å². The predicted octanol–water partition coefficient (Wildman–Crippen LogP) is 4.41. The molecule has 0 aromatic heterocycles. The topological polar surface area (TPSA) is 99.5 Å². The summed E-state index contributed by atoms with van der Waals surface area (Å²) < 4.78 is 73.6. The van der Waals surface area contributed by atoms with Crippen LogP contribution in [0.5, 0.6) is 5.75 Å². The Morgan fingerprint density at radius 1 is 1.08 bits per heavy atom. The van der Waals surface area contributed by atoms with Gasteiger partial charge >= 0.3 is 12.1 Å². The summed E-state index contributed by atoms with van der Waals surface area (Å²) in [6.45, 7) is 2.14. The molecule has 1 aliphatic carbocycles. The molecule has 1 N–H and O–H groups in total. The SMILES string of the molecule is CC1C(C(F)(F)F)=NN(c2ccc(OC3CCN(S(=O)(=O)C4CCCCC4)CC3)cc2)C1CC(=O)O. The first-order valence-electron chi connectivity index (χ1n) is 12.4. The van der Waals surface area contributed by atoms with Gasteiger partial charge in [-0.25, -0.2) is 12.7 Å². The highest BCUT2D eigenvalue weighted by Crippen LogP contribution is 2.37. The van der Waals surface area contributed by atoms with Gasteiger partial charge in [-0.15, -0.1) is 0 Å². The lowest BCUT2D eigenvalue weighted by Gasteiger charge is -2.35. The van der Waals surface area contributed by atoms with E-state index in [0.717, 1.165) is 37.1 Å². The van der Waals surface area contributed by atoms with Gasteiger partial charge in [0.2, 0.25) is 10.0 Å². The van der Waals surface area contributed by atoms with Crippen molar-refractivity contribution in [3.63, 3.8) is 0 Å². The molecule has 0 bridgehead atoms. The summed E-state index contributed by atoms with van der Waals surface area (Å²) in [4.78, 5) is 11.3. The average Bonchev–Trinajstić information content (AvgIpc) is 3.16. The lowest BCUT2D eigenvalue weighted by molar-refractivity contribution is -0.137. The number of carboxylic acids is 1. The summed E-state index contributed by atoms with van der Waals surface area (Å²) in [5, 5.41) is 13.8. The van der Waals surface area contributed by atoms with Gasteiger partial charge in [-0.05, 0) is 49.9 Å². The summed E-state index contributed by atoms with van der Waals surface area (Å²) in [6, 6.07) is 5.39. The second kappa shape index (κ2) is 10.6. The predicted molar refractivity (Wildman–Crippen MR) is 129 cm³/mol. The van der Waals surface area contributed by atoms with Crippen LogP contribution >= 0.6 is 0 Å². The minimum absolute atomic E-state index is 0.171. The number of rotatable bonds is 7. The molecule has 200 valence electrons. The fraction of sp³-hybridized carbons (Fsp3) is 0.667. The van der Waals surface area contributed by atoms with Gasteiger partial charge in [0.15, 0.2) is 0 Å². The van der Waals surface area contributed by atoms with Crippen molar-refractivity contribution < 1.29 is 36.2 Å². The van der Waals surface area contributed by atoms with Crippen molar-refractivity contribution in [3.05, 3.63) is 24.3 Å². The molecular formula is C24H32F3N3O5S. The molecule has 2 unspecified atom stereocenters. The molecule has 3 aliphatic rings. The van der Waals surface area contributed by atoms with Gasteiger partial charge in [0.25, 0.3) is 0 Å². The van der Waals surface area contributed by atoms with Crippen LogP contribution in [0, 0.1) is 5.92 Å². The lowest BCUT2D eigenvalue weighted by Crippen LogP contribution is -2.46. The van der Waals surface area contributed by atoms with E-state index in [1.807, 2.05) is 0 Å². The van der Waals surface area contributed by atoms with Gasteiger partial charge < -0.3 is 9.84 Å². The summed E-state index contributed by atoms with van der Waals surface area (Å²) >= 11 is 0. The number of ether oxygens (including phenoxy) is 1. The summed E-state index contributed by atoms with van der Waals surface area (Å²) in [7, 11) is -3.29. The molecule has 8 nitrogen and oxygen atoms in total. The van der Waals surface area contributed by atoms with E-state index < -0.39 is 46.3 Å². The van der Waals surface area contributed by atoms with Crippen molar-refractivity contribution >= 4 is 27.4 Å². The van der Waals surface area contributed by atoms with E-state index in [2.05, 4.69) is 5.10 Å². The third-order valence-electron chi connectivity index (χ3n) is 7.35. The number of sulfonamides is 1. The number of halogens is 3. The Kier molecular flexibility index (Phi) is 7.84. The van der Waals surface area contributed by atoms with E-state index in [-0.39, 0.29) is 11.4 Å². The zero-order valence-electron chi connectivity index (χ0n) is 20.2. The van der Waals surface area contributed by atoms with Crippen molar-refractivity contribution in [2.75, 3.05) is 18.1 Å². The minimum atomic E-state index is -4.65. The summed E-state index contributed by atoms with van der Waals surface area (Å²) in [6.07, 6.45) is 0.256. The first-order chi connectivity index (χ1) is 17.0. The smallest absolute Gasteiger partial charge is 0.431 e. The van der Waals surface area contributed by atoms with Crippen LogP contribution in [0.2, 0.25) is 0 Å². The number of hydrogen-bond acceptors (Lipinski definition) is 6. The van der Waals surface area contributed by atoms with Gasteiger partial charge in [0, 0.05) is 19.0 Å². The first-order valence-corrected chi connectivity index (χ1v) is 13.9. The Labute approximate surface area is 209 Å². The highest BCUT2D eigenvalue weighted by molar-refractivity contribution is 7.89. The van der Waals surface area contributed by atoms with E-state index in [4.69, 9.17) is 4.74 Å². The van der Waals surface area contributed by atoms with Crippen LogP contribution in [0.25, 0.3) is 0 Å². The Bertz CT molecular complexity index is 1060. The molecule has 2 atom stereocenters. The van der Waals surface area contributed by atoms with Crippen LogP contribution < -0.4 is 9.75 Å². The van der Waals surface area contributed by atoms with Crippen molar-refractivity contribution in [2.45, 2.75) is 81.9 Å². The molecule has 2 heterocycles. The zero-order chi connectivity index (χ0) is 26.1. The standard InChI is InChI=1S/C24H32F3N3O5S/c1-16-21(15-22(31)32)30(28-23(16)24(25,26)27)17-7-9-18(10-8-17)35-19-11-13-29(14-12-19)36(33,34)20-5-3-2-4-6-20/h7-10,16,19-21H,2-6,11-15H2,1H3,(H,31,32). The number of alkyl halides is 3. The second-order valence-corrected chi connectivity index (χ2v) is 12.0. The van der Waals surface area contributed by atoms with Gasteiger partial charge in [0.05, 0.1) is 23.4 Å². The van der Waals surface area contributed by atoms with E-state index >= 15 is 0 Å². The van der Waals surface area contributed by atoms with Crippen LogP contribution in [-0.4, -0.2) is 66.2 Å². The monoisotopic (exact) mass is 531 g/mol. The van der Waals surface area contributed by atoms with Crippen LogP contribution in [-0.2, 0) is 14.8 Å². The van der Waals surface area contributed by atoms with Crippen LogP contribution in [0.3, 0.4) is 0 Å². The van der Waals surface area contributed by atoms with E-state index in [1.54, 1.807) is 28.6 Å². The number of benzene rings is 1. The fourth-order valence-corrected chi connectivity index (χ4v) is 7.40. The molecule has 36 heavy (non-hydrogen) atoms. The van der Waals surface area contributed by atoms with Crippen LogP contribution in [0.1, 0.15) is 58.3 Å². The number of aliphatic carboxylic acids is 1. The average molecular weight is 532 g/mol. The number of piperidine rings is 1. The van der Waals surface area contributed by atoms with Crippen molar-refractivity contribution in [3.8, 4) is 5.75 Å². The number of nitrogens with zero attached hydrogens (tertiary/aromatic N) is 3. The normalized spacial score (nSPS) is 25.1. The molecule has 0 amide bonds. The maximum Gasteiger partial charge on any atom is 0.431 e. The molecule has 1 saturated carbocycles. The Morgan fingerprint density at radius 3 is 2.25 bits per heavy atom. The molecule has 4 rings (SSSR count). The lowest BCUT2D eigenvalue weighted by atomic mass is 9.94. The largest absolute Gasteiger partial charge is 0.490 e. The zero-order valence-corrected chi connectivity index (χ0v) is 21.0. The number of anilines is 1. The Balaban J connectivity index is 1.38. The maximum atomic E-state index is 13.4. The Morgan fingerprint density at radius 2 is 1.69 bits per heavy atom. The molecule has 2 fully saturated rings. The first kappa shape index (κ1) is 26.7. The van der Waals surface area contributed by atoms with E-state index in [9.17, 15) is 31.5 Å². The number of carboxylic acid groups (broad SMARTS) is 1. The third-order valence-corrected chi connectivity index (χ3v) is 9.75. The van der Waals surface area contributed by atoms with Crippen molar-refractivity contribution in [2.24, 2.45) is 11.0 Å². The highest BCUT2D eigenvalue weighted by Gasteiger charge is 2.48.